The second-order valence-electron chi connectivity index (χ2n) is 4.13. The molecule has 0 heterocycles. The maximum Gasteiger partial charge on any atom is 0.254 e. The fourth-order valence-electron chi connectivity index (χ4n) is 1.33. The first-order valence-corrected chi connectivity index (χ1v) is 5.54. The van der Waals surface area contributed by atoms with E-state index in [0.29, 0.717) is 6.07 Å². The molecule has 0 atom stereocenters. The second-order valence-corrected chi connectivity index (χ2v) is 4.13. The highest BCUT2D eigenvalue weighted by molar-refractivity contribution is 5.96. The predicted octanol–water partition coefficient (Wildman–Crippen LogP) is 1.36. The molecule has 0 bridgehead atoms. The summed E-state index contributed by atoms with van der Waals surface area (Å²) in [6, 6.07) is 1.34. The Bertz CT molecular complexity index is 504. The number of rotatable bonds is 4. The number of carbonyl (C=O) groups is 2. The zero-order valence-electron chi connectivity index (χ0n) is 10.4. The van der Waals surface area contributed by atoms with Crippen molar-refractivity contribution in [3.8, 4) is 0 Å². The van der Waals surface area contributed by atoms with Crippen molar-refractivity contribution in [2.75, 3.05) is 6.54 Å². The Morgan fingerprint density at radius 3 is 2.37 bits per heavy atom. The first-order valence-electron chi connectivity index (χ1n) is 5.54. The maximum absolute atomic E-state index is 13.3. The van der Waals surface area contributed by atoms with E-state index in [2.05, 4.69) is 10.6 Å². The Balaban J connectivity index is 2.69. The van der Waals surface area contributed by atoms with Crippen LogP contribution in [0.25, 0.3) is 0 Å². The Hall–Kier alpha value is -2.05. The van der Waals surface area contributed by atoms with Gasteiger partial charge in [0.1, 0.15) is 0 Å². The van der Waals surface area contributed by atoms with E-state index >= 15 is 0 Å². The van der Waals surface area contributed by atoms with Gasteiger partial charge in [-0.3, -0.25) is 9.59 Å². The molecule has 0 aliphatic rings. The van der Waals surface area contributed by atoms with Crippen molar-refractivity contribution in [2.24, 2.45) is 0 Å². The summed E-state index contributed by atoms with van der Waals surface area (Å²) in [5.74, 6) is -6.14. The van der Waals surface area contributed by atoms with Gasteiger partial charge in [0.05, 0.1) is 12.1 Å². The van der Waals surface area contributed by atoms with Gasteiger partial charge in [-0.15, -0.1) is 0 Å². The van der Waals surface area contributed by atoms with Crippen LogP contribution in [0.5, 0.6) is 0 Å². The van der Waals surface area contributed by atoms with Gasteiger partial charge in [0.2, 0.25) is 5.91 Å². The number of amides is 2. The van der Waals surface area contributed by atoms with Crippen LogP contribution in [0.1, 0.15) is 24.2 Å². The van der Waals surface area contributed by atoms with Crippen LogP contribution in [0.15, 0.2) is 12.1 Å². The Labute approximate surface area is 108 Å². The van der Waals surface area contributed by atoms with E-state index in [1.807, 2.05) is 0 Å². The van der Waals surface area contributed by atoms with Crippen LogP contribution >= 0.6 is 0 Å². The van der Waals surface area contributed by atoms with Crippen LogP contribution in [0, 0.1) is 17.5 Å². The highest BCUT2D eigenvalue weighted by atomic mass is 19.2. The van der Waals surface area contributed by atoms with Crippen molar-refractivity contribution >= 4 is 11.8 Å². The van der Waals surface area contributed by atoms with Gasteiger partial charge in [0, 0.05) is 6.04 Å². The monoisotopic (exact) mass is 274 g/mol. The molecule has 4 nitrogen and oxygen atoms in total. The first-order chi connectivity index (χ1) is 8.82. The largest absolute Gasteiger partial charge is 0.352 e. The number of halogens is 3. The van der Waals surface area contributed by atoms with Gasteiger partial charge in [-0.1, -0.05) is 0 Å². The Morgan fingerprint density at radius 1 is 1.16 bits per heavy atom. The molecule has 0 aromatic heterocycles. The van der Waals surface area contributed by atoms with Crippen LogP contribution in [0.3, 0.4) is 0 Å². The van der Waals surface area contributed by atoms with Gasteiger partial charge in [0.25, 0.3) is 5.91 Å². The summed E-state index contributed by atoms with van der Waals surface area (Å²) < 4.78 is 38.9. The van der Waals surface area contributed by atoms with Gasteiger partial charge >= 0.3 is 0 Å². The molecule has 1 rings (SSSR count). The lowest BCUT2D eigenvalue weighted by Gasteiger charge is -2.09. The third-order valence-corrected chi connectivity index (χ3v) is 2.14. The maximum atomic E-state index is 13.3. The summed E-state index contributed by atoms with van der Waals surface area (Å²) in [4.78, 5) is 22.7. The molecular formula is C12H13F3N2O2. The molecule has 7 heteroatoms. The van der Waals surface area contributed by atoms with Crippen molar-refractivity contribution in [1.82, 2.24) is 10.6 Å². The minimum absolute atomic E-state index is 0.107. The topological polar surface area (TPSA) is 58.2 Å². The molecule has 0 radical (unpaired) electrons. The fourth-order valence-corrected chi connectivity index (χ4v) is 1.33. The molecule has 1 aromatic carbocycles. The van der Waals surface area contributed by atoms with E-state index in [-0.39, 0.29) is 12.6 Å². The SMILES string of the molecule is CC(C)NC(=O)CNC(=O)c1ccc(F)c(F)c1F. The lowest BCUT2D eigenvalue weighted by atomic mass is 10.2. The average Bonchev–Trinajstić information content (AvgIpc) is 2.32. The lowest BCUT2D eigenvalue weighted by Crippen LogP contribution is -2.40. The number of nitrogens with one attached hydrogen (secondary N) is 2. The third-order valence-electron chi connectivity index (χ3n) is 2.14. The van der Waals surface area contributed by atoms with Crippen LogP contribution < -0.4 is 10.6 Å². The van der Waals surface area contributed by atoms with E-state index in [9.17, 15) is 22.8 Å². The quantitative estimate of drug-likeness (QED) is 0.814. The van der Waals surface area contributed by atoms with E-state index in [0.717, 1.165) is 6.07 Å². The van der Waals surface area contributed by atoms with Crippen molar-refractivity contribution in [3.63, 3.8) is 0 Å². The van der Waals surface area contributed by atoms with Crippen molar-refractivity contribution < 1.29 is 22.8 Å². The number of hydrogen-bond acceptors (Lipinski definition) is 2. The van der Waals surface area contributed by atoms with E-state index in [1.165, 1.54) is 0 Å². The highest BCUT2D eigenvalue weighted by Crippen LogP contribution is 2.14. The molecule has 2 amide bonds. The van der Waals surface area contributed by atoms with Crippen molar-refractivity contribution in [2.45, 2.75) is 19.9 Å². The average molecular weight is 274 g/mol. The van der Waals surface area contributed by atoms with Gasteiger partial charge < -0.3 is 10.6 Å². The van der Waals surface area contributed by atoms with Gasteiger partial charge in [-0.05, 0) is 26.0 Å². The molecule has 2 N–H and O–H groups in total. The van der Waals surface area contributed by atoms with Crippen LogP contribution in [0.2, 0.25) is 0 Å². The summed E-state index contributed by atoms with van der Waals surface area (Å²) in [5.41, 5.74) is -0.656. The van der Waals surface area contributed by atoms with Crippen LogP contribution in [-0.4, -0.2) is 24.4 Å². The van der Waals surface area contributed by atoms with Gasteiger partial charge in [-0.25, -0.2) is 13.2 Å². The zero-order valence-corrected chi connectivity index (χ0v) is 10.4. The summed E-state index contributed by atoms with van der Waals surface area (Å²) >= 11 is 0. The molecule has 0 unspecified atom stereocenters. The van der Waals surface area contributed by atoms with Crippen LogP contribution in [0.4, 0.5) is 13.2 Å². The molecule has 104 valence electrons. The number of carbonyl (C=O) groups excluding carboxylic acids is 2. The van der Waals surface area contributed by atoms with Gasteiger partial charge in [-0.2, -0.15) is 0 Å². The minimum Gasteiger partial charge on any atom is -0.352 e. The fraction of sp³-hybridized carbons (Fsp3) is 0.333. The molecule has 0 spiro atoms. The predicted molar refractivity (Wildman–Crippen MR) is 61.9 cm³/mol. The summed E-state index contributed by atoms with van der Waals surface area (Å²) in [6.07, 6.45) is 0. The normalized spacial score (nSPS) is 10.4. The third kappa shape index (κ3) is 3.97. The molecule has 0 fully saturated rings. The van der Waals surface area contributed by atoms with Crippen molar-refractivity contribution in [3.05, 3.63) is 35.1 Å². The highest BCUT2D eigenvalue weighted by Gasteiger charge is 2.19. The minimum atomic E-state index is -1.72. The summed E-state index contributed by atoms with van der Waals surface area (Å²) in [5, 5.41) is 4.61. The molecule has 0 saturated carbocycles. The molecular weight excluding hydrogens is 261 g/mol. The lowest BCUT2D eigenvalue weighted by molar-refractivity contribution is -0.120. The standard InChI is InChI=1S/C12H13F3N2O2/c1-6(2)17-9(18)5-16-12(19)7-3-4-8(13)11(15)10(7)14/h3-4,6H,5H2,1-2H3,(H,16,19)(H,17,18). The molecule has 0 aliphatic heterocycles. The van der Waals surface area contributed by atoms with Crippen molar-refractivity contribution in [1.29, 1.82) is 0 Å². The molecule has 1 aromatic rings. The summed E-state index contributed by atoms with van der Waals surface area (Å²) in [7, 11) is 0. The van der Waals surface area contributed by atoms with Crippen LogP contribution in [-0.2, 0) is 4.79 Å². The van der Waals surface area contributed by atoms with E-state index < -0.39 is 34.8 Å². The second kappa shape index (κ2) is 6.21. The molecule has 0 aliphatic carbocycles. The number of hydrogen-bond donors (Lipinski definition) is 2. The van der Waals surface area contributed by atoms with Gasteiger partial charge in [0.15, 0.2) is 17.5 Å². The summed E-state index contributed by atoms with van der Waals surface area (Å²) in [6.45, 7) is 3.08. The molecule has 0 saturated heterocycles. The Kier molecular flexibility index (Phi) is 4.91. The first kappa shape index (κ1) is 15.0. The Morgan fingerprint density at radius 2 is 1.79 bits per heavy atom. The molecule has 19 heavy (non-hydrogen) atoms. The van der Waals surface area contributed by atoms with E-state index in [1.54, 1.807) is 13.8 Å². The zero-order chi connectivity index (χ0) is 14.6. The smallest absolute Gasteiger partial charge is 0.254 e. The van der Waals surface area contributed by atoms with E-state index in [4.69, 9.17) is 0 Å². The number of benzene rings is 1.